The van der Waals surface area contributed by atoms with Crippen molar-refractivity contribution in [3.8, 4) is 22.4 Å². The van der Waals surface area contributed by atoms with Gasteiger partial charge in [-0.1, -0.05) is 103 Å². The van der Waals surface area contributed by atoms with Crippen molar-refractivity contribution < 1.29 is 4.57 Å². The molecule has 0 radical (unpaired) electrons. The van der Waals surface area contributed by atoms with E-state index in [0.717, 1.165) is 6.54 Å². The summed E-state index contributed by atoms with van der Waals surface area (Å²) in [6.45, 7) is 16.4. The standard InChI is InChI=1S/C29H38N.C2H6/c1-6-8-9-11-14-23-17-20-28(30(7-2)22-23)26-21-25(24-15-12-10-13-16-24)18-19-27(26)29(3,4)5;1-2/h10,12-13,15-22H,6-9,11,14H2,1-5H3;1-2H3/q+1;. The molecule has 0 N–H and O–H groups in total. The highest BCUT2D eigenvalue weighted by molar-refractivity contribution is 5.73. The van der Waals surface area contributed by atoms with Crippen LogP contribution in [0.4, 0.5) is 0 Å². The summed E-state index contributed by atoms with van der Waals surface area (Å²) in [6.07, 6.45) is 8.80. The van der Waals surface area contributed by atoms with Crippen molar-refractivity contribution in [1.82, 2.24) is 0 Å². The molecule has 0 bridgehead atoms. The molecule has 0 unspecified atom stereocenters. The van der Waals surface area contributed by atoms with E-state index in [1.807, 2.05) is 13.8 Å². The van der Waals surface area contributed by atoms with Gasteiger partial charge in [-0.25, -0.2) is 0 Å². The van der Waals surface area contributed by atoms with Gasteiger partial charge in [0.2, 0.25) is 5.69 Å². The number of benzene rings is 2. The zero-order valence-corrected chi connectivity index (χ0v) is 21.5. The molecule has 0 amide bonds. The number of hydrogen-bond donors (Lipinski definition) is 0. The minimum Gasteiger partial charge on any atom is -0.198 e. The summed E-state index contributed by atoms with van der Waals surface area (Å²) >= 11 is 0. The molecule has 0 saturated heterocycles. The molecule has 0 atom stereocenters. The van der Waals surface area contributed by atoms with Crippen molar-refractivity contribution in [2.75, 3.05) is 0 Å². The summed E-state index contributed by atoms with van der Waals surface area (Å²) in [4.78, 5) is 0. The molecule has 1 heteroatoms. The van der Waals surface area contributed by atoms with Gasteiger partial charge in [0, 0.05) is 11.6 Å². The van der Waals surface area contributed by atoms with E-state index in [4.69, 9.17) is 0 Å². The second-order valence-corrected chi connectivity index (χ2v) is 9.40. The third-order valence-electron chi connectivity index (χ3n) is 5.96. The molecule has 2 aromatic carbocycles. The molecular weight excluding hydrogens is 386 g/mol. The minimum atomic E-state index is 0.0922. The number of unbranched alkanes of at least 4 members (excludes halogenated alkanes) is 3. The van der Waals surface area contributed by atoms with Crippen molar-refractivity contribution in [3.05, 3.63) is 78.0 Å². The maximum absolute atomic E-state index is 2.44. The first kappa shape index (κ1) is 25.8. The second-order valence-electron chi connectivity index (χ2n) is 9.40. The predicted molar refractivity (Wildman–Crippen MR) is 141 cm³/mol. The first-order chi connectivity index (χ1) is 15.4. The largest absolute Gasteiger partial charge is 0.212 e. The van der Waals surface area contributed by atoms with Crippen LogP contribution in [0.5, 0.6) is 0 Å². The number of aromatic nitrogens is 1. The Morgan fingerprint density at radius 3 is 2.09 bits per heavy atom. The Hall–Kier alpha value is -2.41. The molecule has 3 rings (SSSR count). The molecular formula is C31H44N+. The lowest BCUT2D eigenvalue weighted by molar-refractivity contribution is -0.683. The van der Waals surface area contributed by atoms with Crippen molar-refractivity contribution in [3.63, 3.8) is 0 Å². The van der Waals surface area contributed by atoms with E-state index < -0.39 is 0 Å². The zero-order chi connectivity index (χ0) is 23.6. The molecule has 3 aromatic rings. The molecule has 0 fully saturated rings. The number of rotatable bonds is 8. The maximum Gasteiger partial charge on any atom is 0.212 e. The Bertz CT molecular complexity index is 948. The Labute approximate surface area is 197 Å². The molecule has 1 aromatic heterocycles. The Kier molecular flexibility index (Phi) is 10.2. The highest BCUT2D eigenvalue weighted by Gasteiger charge is 2.24. The van der Waals surface area contributed by atoms with Gasteiger partial charge in [-0.2, -0.15) is 4.57 Å². The van der Waals surface area contributed by atoms with Gasteiger partial charge in [0.05, 0.1) is 5.56 Å². The Morgan fingerprint density at radius 1 is 0.750 bits per heavy atom. The maximum atomic E-state index is 2.44. The molecule has 0 aliphatic carbocycles. The second kappa shape index (κ2) is 12.6. The van der Waals surface area contributed by atoms with E-state index in [-0.39, 0.29) is 5.41 Å². The fourth-order valence-electron chi connectivity index (χ4n) is 4.22. The van der Waals surface area contributed by atoms with Crippen LogP contribution in [0.25, 0.3) is 22.4 Å². The van der Waals surface area contributed by atoms with Crippen LogP contribution in [-0.2, 0) is 18.4 Å². The van der Waals surface area contributed by atoms with E-state index in [1.54, 1.807) is 0 Å². The van der Waals surface area contributed by atoms with Crippen LogP contribution in [0.15, 0.2) is 66.9 Å². The molecule has 0 saturated carbocycles. The first-order valence-corrected chi connectivity index (χ1v) is 12.7. The third kappa shape index (κ3) is 6.79. The van der Waals surface area contributed by atoms with Crippen LogP contribution >= 0.6 is 0 Å². The number of pyridine rings is 1. The topological polar surface area (TPSA) is 3.88 Å². The van der Waals surface area contributed by atoms with Crippen LogP contribution in [0.1, 0.15) is 85.3 Å². The van der Waals surface area contributed by atoms with E-state index in [2.05, 4.69) is 106 Å². The number of aryl methyl sites for hydroxylation is 2. The third-order valence-corrected chi connectivity index (χ3v) is 5.96. The van der Waals surface area contributed by atoms with Gasteiger partial charge in [-0.3, -0.25) is 0 Å². The smallest absolute Gasteiger partial charge is 0.198 e. The zero-order valence-electron chi connectivity index (χ0n) is 21.5. The van der Waals surface area contributed by atoms with Crippen LogP contribution < -0.4 is 4.57 Å². The van der Waals surface area contributed by atoms with Crippen molar-refractivity contribution >= 4 is 0 Å². The highest BCUT2D eigenvalue weighted by Crippen LogP contribution is 2.35. The fourth-order valence-corrected chi connectivity index (χ4v) is 4.22. The lowest BCUT2D eigenvalue weighted by Gasteiger charge is -2.23. The predicted octanol–water partition coefficient (Wildman–Crippen LogP) is 8.77. The quantitative estimate of drug-likeness (QED) is 0.248. The van der Waals surface area contributed by atoms with E-state index >= 15 is 0 Å². The number of hydrogen-bond acceptors (Lipinski definition) is 0. The fraction of sp³-hybridized carbons (Fsp3) is 0.452. The molecule has 0 aliphatic heterocycles. The van der Waals surface area contributed by atoms with Gasteiger partial charge in [0.1, 0.15) is 6.54 Å². The van der Waals surface area contributed by atoms with Gasteiger partial charge in [0.25, 0.3) is 0 Å². The van der Waals surface area contributed by atoms with Crippen molar-refractivity contribution in [2.24, 2.45) is 0 Å². The summed E-state index contributed by atoms with van der Waals surface area (Å²) in [5.41, 5.74) is 8.17. The van der Waals surface area contributed by atoms with Crippen LogP contribution in [0, 0.1) is 0 Å². The minimum absolute atomic E-state index is 0.0922. The van der Waals surface area contributed by atoms with Gasteiger partial charge in [0.15, 0.2) is 6.20 Å². The summed E-state index contributed by atoms with van der Waals surface area (Å²) in [5.74, 6) is 0. The molecule has 0 spiro atoms. The van der Waals surface area contributed by atoms with Crippen molar-refractivity contribution in [1.29, 1.82) is 0 Å². The summed E-state index contributed by atoms with van der Waals surface area (Å²) in [7, 11) is 0. The molecule has 1 heterocycles. The highest BCUT2D eigenvalue weighted by atomic mass is 14.9. The van der Waals surface area contributed by atoms with Gasteiger partial charge >= 0.3 is 0 Å². The molecule has 172 valence electrons. The van der Waals surface area contributed by atoms with Crippen molar-refractivity contribution in [2.45, 2.75) is 92.5 Å². The summed E-state index contributed by atoms with van der Waals surface area (Å²) < 4.78 is 2.44. The average Bonchev–Trinajstić information content (AvgIpc) is 2.82. The van der Waals surface area contributed by atoms with Gasteiger partial charge in [-0.15, -0.1) is 0 Å². The SMILES string of the molecule is CC.CCCCCCc1ccc(-c2cc(-c3ccccc3)ccc2C(C)(C)C)[n+](CC)c1. The van der Waals surface area contributed by atoms with E-state index in [9.17, 15) is 0 Å². The van der Waals surface area contributed by atoms with E-state index in [0.29, 0.717) is 0 Å². The lowest BCUT2D eigenvalue weighted by atomic mass is 9.81. The molecule has 1 nitrogen and oxygen atoms in total. The summed E-state index contributed by atoms with van der Waals surface area (Å²) in [6, 6.07) is 22.4. The summed E-state index contributed by atoms with van der Waals surface area (Å²) in [5, 5.41) is 0. The van der Waals surface area contributed by atoms with Gasteiger partial charge in [-0.05, 0) is 54.0 Å². The normalized spacial score (nSPS) is 11.1. The number of nitrogens with zero attached hydrogens (tertiary/aromatic N) is 1. The average molecular weight is 431 g/mol. The molecule has 32 heavy (non-hydrogen) atoms. The van der Waals surface area contributed by atoms with Crippen LogP contribution in [0.2, 0.25) is 0 Å². The Morgan fingerprint density at radius 2 is 1.47 bits per heavy atom. The van der Waals surface area contributed by atoms with Crippen LogP contribution in [0.3, 0.4) is 0 Å². The Balaban J connectivity index is 0.00000176. The monoisotopic (exact) mass is 430 g/mol. The van der Waals surface area contributed by atoms with Gasteiger partial charge < -0.3 is 0 Å². The first-order valence-electron chi connectivity index (χ1n) is 12.7. The van der Waals surface area contributed by atoms with Crippen LogP contribution in [-0.4, -0.2) is 0 Å². The lowest BCUT2D eigenvalue weighted by Crippen LogP contribution is -2.36. The van der Waals surface area contributed by atoms with E-state index in [1.165, 1.54) is 65.6 Å². The molecule has 0 aliphatic rings.